The summed E-state index contributed by atoms with van der Waals surface area (Å²) in [6.07, 6.45) is 4.19. The third-order valence-electron chi connectivity index (χ3n) is 2.49. The third-order valence-corrected chi connectivity index (χ3v) is 2.49. The van der Waals surface area contributed by atoms with Crippen LogP contribution < -0.4 is 0 Å². The monoisotopic (exact) mass is 160 g/mol. The minimum Gasteiger partial charge on any atom is -0.508 e. The van der Waals surface area contributed by atoms with Crippen LogP contribution in [0, 0.1) is 0 Å². The Bertz CT molecular complexity index is 337. The van der Waals surface area contributed by atoms with Crippen molar-refractivity contribution < 1.29 is 5.11 Å². The van der Waals surface area contributed by atoms with E-state index in [2.05, 4.69) is 19.1 Å². The van der Waals surface area contributed by atoms with Crippen LogP contribution in [0.25, 0.3) is 5.57 Å². The number of aromatic hydroxyl groups is 1. The normalized spacial score (nSPS) is 18.2. The van der Waals surface area contributed by atoms with Crippen LogP contribution in [0.3, 0.4) is 0 Å². The Morgan fingerprint density at radius 1 is 1.33 bits per heavy atom. The first-order chi connectivity index (χ1) is 5.83. The lowest BCUT2D eigenvalue weighted by Crippen LogP contribution is -1.80. The van der Waals surface area contributed by atoms with E-state index in [-0.39, 0.29) is 0 Å². The van der Waals surface area contributed by atoms with E-state index < -0.39 is 0 Å². The quantitative estimate of drug-likeness (QED) is 0.618. The summed E-state index contributed by atoms with van der Waals surface area (Å²) in [7, 11) is 0. The molecule has 1 N–H and O–H groups in total. The molecule has 0 bridgehead atoms. The molecule has 1 aliphatic carbocycles. The highest BCUT2D eigenvalue weighted by molar-refractivity contribution is 5.74. The number of fused-ring (bicyclic) bond motifs is 1. The van der Waals surface area contributed by atoms with Gasteiger partial charge in [0.15, 0.2) is 0 Å². The SMILES string of the molecule is CC=C1CCc2c(O)cccc21. The second kappa shape index (κ2) is 2.67. The molecule has 0 saturated carbocycles. The Morgan fingerprint density at radius 2 is 2.17 bits per heavy atom. The zero-order chi connectivity index (χ0) is 8.55. The van der Waals surface area contributed by atoms with E-state index in [0.717, 1.165) is 18.4 Å². The second-order valence-corrected chi connectivity index (χ2v) is 3.12. The fourth-order valence-electron chi connectivity index (χ4n) is 1.83. The summed E-state index contributed by atoms with van der Waals surface area (Å²) < 4.78 is 0. The molecule has 0 fully saturated rings. The maximum Gasteiger partial charge on any atom is 0.119 e. The standard InChI is InChI=1S/C11H12O/c1-2-8-6-7-10-9(8)4-3-5-11(10)12/h2-5,12H,6-7H2,1H3. The highest BCUT2D eigenvalue weighted by Gasteiger charge is 2.17. The molecule has 0 aliphatic heterocycles. The molecule has 2 rings (SSSR count). The van der Waals surface area contributed by atoms with Gasteiger partial charge in [-0.25, -0.2) is 0 Å². The molecular weight excluding hydrogens is 148 g/mol. The van der Waals surface area contributed by atoms with E-state index in [4.69, 9.17) is 0 Å². The van der Waals surface area contributed by atoms with Crippen molar-refractivity contribution in [2.45, 2.75) is 19.8 Å². The zero-order valence-corrected chi connectivity index (χ0v) is 7.17. The van der Waals surface area contributed by atoms with Crippen molar-refractivity contribution in [3.63, 3.8) is 0 Å². The van der Waals surface area contributed by atoms with Crippen LogP contribution in [0.1, 0.15) is 24.5 Å². The van der Waals surface area contributed by atoms with Crippen LogP contribution in [-0.2, 0) is 6.42 Å². The van der Waals surface area contributed by atoms with Crippen LogP contribution in [0.4, 0.5) is 0 Å². The maximum absolute atomic E-state index is 9.52. The fraction of sp³-hybridized carbons (Fsp3) is 0.273. The summed E-state index contributed by atoms with van der Waals surface area (Å²) in [5, 5.41) is 9.52. The topological polar surface area (TPSA) is 20.2 Å². The molecule has 0 amide bonds. The smallest absolute Gasteiger partial charge is 0.119 e. The average Bonchev–Trinajstić information content (AvgIpc) is 2.49. The predicted molar refractivity (Wildman–Crippen MR) is 50.1 cm³/mol. The van der Waals surface area contributed by atoms with E-state index in [9.17, 15) is 5.11 Å². The van der Waals surface area contributed by atoms with E-state index in [1.165, 1.54) is 11.1 Å². The Kier molecular flexibility index (Phi) is 1.65. The molecule has 62 valence electrons. The van der Waals surface area contributed by atoms with Gasteiger partial charge in [0.2, 0.25) is 0 Å². The van der Waals surface area contributed by atoms with Crippen LogP contribution >= 0.6 is 0 Å². The van der Waals surface area contributed by atoms with E-state index >= 15 is 0 Å². The van der Waals surface area contributed by atoms with Gasteiger partial charge in [-0.05, 0) is 37.0 Å². The van der Waals surface area contributed by atoms with Gasteiger partial charge in [0.05, 0.1) is 0 Å². The number of rotatable bonds is 0. The molecule has 0 radical (unpaired) electrons. The second-order valence-electron chi connectivity index (χ2n) is 3.12. The van der Waals surface area contributed by atoms with Gasteiger partial charge in [-0.2, -0.15) is 0 Å². The first kappa shape index (κ1) is 7.41. The molecule has 1 aromatic rings. The molecule has 1 aliphatic rings. The molecular formula is C11H12O. The van der Waals surface area contributed by atoms with Gasteiger partial charge < -0.3 is 5.11 Å². The molecule has 0 atom stereocenters. The minimum absolute atomic E-state index is 0.448. The van der Waals surface area contributed by atoms with E-state index in [0.29, 0.717) is 5.75 Å². The Hall–Kier alpha value is -1.24. The number of allylic oxidation sites excluding steroid dienone is 2. The van der Waals surface area contributed by atoms with Crippen molar-refractivity contribution in [1.82, 2.24) is 0 Å². The highest BCUT2D eigenvalue weighted by atomic mass is 16.3. The molecule has 12 heavy (non-hydrogen) atoms. The van der Waals surface area contributed by atoms with Crippen LogP contribution in [0.5, 0.6) is 5.75 Å². The van der Waals surface area contributed by atoms with Crippen LogP contribution in [-0.4, -0.2) is 5.11 Å². The molecule has 0 unspecified atom stereocenters. The summed E-state index contributed by atoms with van der Waals surface area (Å²) >= 11 is 0. The zero-order valence-electron chi connectivity index (χ0n) is 7.17. The van der Waals surface area contributed by atoms with Gasteiger partial charge in [-0.15, -0.1) is 0 Å². The largest absolute Gasteiger partial charge is 0.508 e. The van der Waals surface area contributed by atoms with Gasteiger partial charge in [0.25, 0.3) is 0 Å². The number of phenols is 1. The van der Waals surface area contributed by atoms with E-state index in [1.54, 1.807) is 6.07 Å². The van der Waals surface area contributed by atoms with Crippen molar-refractivity contribution >= 4 is 5.57 Å². The average molecular weight is 160 g/mol. The van der Waals surface area contributed by atoms with Crippen LogP contribution in [0.2, 0.25) is 0 Å². The molecule has 0 aromatic heterocycles. The number of hydrogen-bond acceptors (Lipinski definition) is 1. The first-order valence-corrected chi connectivity index (χ1v) is 4.29. The lowest BCUT2D eigenvalue weighted by Gasteiger charge is -2.01. The minimum atomic E-state index is 0.448. The lowest BCUT2D eigenvalue weighted by atomic mass is 10.1. The third kappa shape index (κ3) is 0.934. The summed E-state index contributed by atoms with van der Waals surface area (Å²) in [5.41, 5.74) is 3.71. The van der Waals surface area contributed by atoms with Crippen molar-refractivity contribution in [2.24, 2.45) is 0 Å². The number of benzene rings is 1. The molecule has 0 heterocycles. The molecule has 0 spiro atoms. The predicted octanol–water partition coefficient (Wildman–Crippen LogP) is 2.74. The number of phenolic OH excluding ortho intramolecular Hbond substituents is 1. The molecule has 0 saturated heterocycles. The lowest BCUT2D eigenvalue weighted by molar-refractivity contribution is 0.469. The number of hydrogen-bond donors (Lipinski definition) is 1. The van der Waals surface area contributed by atoms with Gasteiger partial charge in [0, 0.05) is 5.56 Å². The van der Waals surface area contributed by atoms with Gasteiger partial charge in [-0.3, -0.25) is 0 Å². The Labute approximate surface area is 72.4 Å². The summed E-state index contributed by atoms with van der Waals surface area (Å²) in [5.74, 6) is 0.448. The molecule has 1 heteroatoms. The van der Waals surface area contributed by atoms with Crippen molar-refractivity contribution in [3.05, 3.63) is 35.4 Å². The molecule has 1 aromatic carbocycles. The Balaban J connectivity index is 2.61. The summed E-state index contributed by atoms with van der Waals surface area (Å²) in [6.45, 7) is 2.05. The highest BCUT2D eigenvalue weighted by Crippen LogP contribution is 2.36. The van der Waals surface area contributed by atoms with Gasteiger partial charge in [-0.1, -0.05) is 18.2 Å². The van der Waals surface area contributed by atoms with Crippen LogP contribution in [0.15, 0.2) is 24.3 Å². The van der Waals surface area contributed by atoms with Crippen molar-refractivity contribution in [1.29, 1.82) is 0 Å². The first-order valence-electron chi connectivity index (χ1n) is 4.29. The van der Waals surface area contributed by atoms with Gasteiger partial charge >= 0.3 is 0 Å². The van der Waals surface area contributed by atoms with Crippen molar-refractivity contribution in [3.8, 4) is 5.75 Å². The molecule has 1 nitrogen and oxygen atoms in total. The summed E-state index contributed by atoms with van der Waals surface area (Å²) in [4.78, 5) is 0. The van der Waals surface area contributed by atoms with E-state index in [1.807, 2.05) is 6.07 Å². The summed E-state index contributed by atoms with van der Waals surface area (Å²) in [6, 6.07) is 5.75. The Morgan fingerprint density at radius 3 is 2.92 bits per heavy atom. The van der Waals surface area contributed by atoms with Crippen molar-refractivity contribution in [2.75, 3.05) is 0 Å². The maximum atomic E-state index is 9.52. The fourth-order valence-corrected chi connectivity index (χ4v) is 1.83. The van der Waals surface area contributed by atoms with Gasteiger partial charge in [0.1, 0.15) is 5.75 Å².